The molecule has 250 valence electrons. The van der Waals surface area contributed by atoms with Crippen molar-refractivity contribution in [1.29, 1.82) is 0 Å². The summed E-state index contributed by atoms with van der Waals surface area (Å²) in [6.45, 7) is 4.15. The summed E-state index contributed by atoms with van der Waals surface area (Å²) in [7, 11) is 0. The minimum absolute atomic E-state index is 0.0571. The van der Waals surface area contributed by atoms with E-state index in [0.717, 1.165) is 32.1 Å². The van der Waals surface area contributed by atoms with Crippen LogP contribution in [0.25, 0.3) is 0 Å². The van der Waals surface area contributed by atoms with E-state index in [-0.39, 0.29) is 25.2 Å². The first-order valence-electron chi connectivity index (χ1n) is 18.6. The molecule has 0 aromatic carbocycles. The van der Waals surface area contributed by atoms with Gasteiger partial charge in [-0.3, -0.25) is 9.59 Å². The SMILES string of the molecule is CCCCCCCCCCCCCCCCC(=O)OCC(CO)OC(=O)CCCCCCCCCCCCCCCC. The van der Waals surface area contributed by atoms with Gasteiger partial charge in [0.1, 0.15) is 6.61 Å². The Morgan fingerprint density at radius 1 is 0.452 bits per heavy atom. The molecule has 0 aromatic heterocycles. The van der Waals surface area contributed by atoms with Crippen LogP contribution in [-0.2, 0) is 19.1 Å². The van der Waals surface area contributed by atoms with Crippen molar-refractivity contribution < 1.29 is 24.2 Å². The van der Waals surface area contributed by atoms with Gasteiger partial charge in [-0.05, 0) is 12.8 Å². The van der Waals surface area contributed by atoms with Crippen molar-refractivity contribution in [3.8, 4) is 0 Å². The monoisotopic (exact) mass is 597 g/mol. The Labute approximate surface area is 261 Å². The summed E-state index contributed by atoms with van der Waals surface area (Å²) in [4.78, 5) is 24.2. The Hall–Kier alpha value is -1.10. The number of aliphatic hydroxyl groups excluding tert-OH is 1. The fourth-order valence-corrected chi connectivity index (χ4v) is 5.55. The molecule has 0 heterocycles. The highest BCUT2D eigenvalue weighted by molar-refractivity contribution is 5.70. The molecular formula is C37H72O5. The molecule has 5 nitrogen and oxygen atoms in total. The maximum Gasteiger partial charge on any atom is 0.306 e. The van der Waals surface area contributed by atoms with Crippen LogP contribution in [0.1, 0.15) is 206 Å². The van der Waals surface area contributed by atoms with E-state index in [1.165, 1.54) is 148 Å². The normalized spacial score (nSPS) is 12.0. The van der Waals surface area contributed by atoms with Crippen molar-refractivity contribution in [2.45, 2.75) is 213 Å². The average molecular weight is 597 g/mol. The number of rotatable bonds is 34. The Kier molecular flexibility index (Phi) is 33.5. The van der Waals surface area contributed by atoms with Crippen LogP contribution < -0.4 is 0 Å². The zero-order chi connectivity index (χ0) is 30.8. The molecule has 42 heavy (non-hydrogen) atoms. The summed E-state index contributed by atoms with van der Waals surface area (Å²) < 4.78 is 10.6. The van der Waals surface area contributed by atoms with E-state index < -0.39 is 6.10 Å². The highest BCUT2D eigenvalue weighted by atomic mass is 16.6. The van der Waals surface area contributed by atoms with Crippen LogP contribution in [0.15, 0.2) is 0 Å². The van der Waals surface area contributed by atoms with Crippen molar-refractivity contribution in [3.05, 3.63) is 0 Å². The summed E-state index contributed by atoms with van der Waals surface area (Å²) >= 11 is 0. The Morgan fingerprint density at radius 3 is 1.05 bits per heavy atom. The molecule has 0 saturated heterocycles. The van der Waals surface area contributed by atoms with E-state index in [1.807, 2.05) is 0 Å². The Bertz CT molecular complexity index is 564. The fourth-order valence-electron chi connectivity index (χ4n) is 5.55. The molecule has 1 atom stereocenters. The van der Waals surface area contributed by atoms with E-state index in [0.29, 0.717) is 12.8 Å². The van der Waals surface area contributed by atoms with Crippen molar-refractivity contribution >= 4 is 11.9 Å². The van der Waals surface area contributed by atoms with Gasteiger partial charge in [0.2, 0.25) is 0 Å². The van der Waals surface area contributed by atoms with Crippen LogP contribution in [0.4, 0.5) is 0 Å². The van der Waals surface area contributed by atoms with E-state index in [4.69, 9.17) is 9.47 Å². The van der Waals surface area contributed by atoms with Gasteiger partial charge in [0.15, 0.2) is 6.10 Å². The molecule has 0 amide bonds. The van der Waals surface area contributed by atoms with Crippen LogP contribution in [0.3, 0.4) is 0 Å². The Balaban J connectivity index is 3.51. The Morgan fingerprint density at radius 2 is 0.738 bits per heavy atom. The van der Waals surface area contributed by atoms with Crippen LogP contribution >= 0.6 is 0 Å². The topological polar surface area (TPSA) is 72.8 Å². The van der Waals surface area contributed by atoms with Crippen LogP contribution in [0.2, 0.25) is 0 Å². The summed E-state index contributed by atoms with van der Waals surface area (Å²) in [5.41, 5.74) is 0. The lowest BCUT2D eigenvalue weighted by Crippen LogP contribution is -2.28. The largest absolute Gasteiger partial charge is 0.462 e. The van der Waals surface area contributed by atoms with Gasteiger partial charge in [0, 0.05) is 12.8 Å². The van der Waals surface area contributed by atoms with E-state index in [2.05, 4.69) is 13.8 Å². The van der Waals surface area contributed by atoms with Gasteiger partial charge >= 0.3 is 11.9 Å². The predicted octanol–water partition coefficient (Wildman–Crippen LogP) is 11.2. The van der Waals surface area contributed by atoms with Crippen molar-refractivity contribution in [1.82, 2.24) is 0 Å². The molecule has 0 saturated carbocycles. The zero-order valence-corrected chi connectivity index (χ0v) is 28.3. The number of hydrogen-bond donors (Lipinski definition) is 1. The quantitative estimate of drug-likeness (QED) is 0.0591. The molecular weight excluding hydrogens is 524 g/mol. The molecule has 0 radical (unpaired) electrons. The number of carbonyl (C=O) groups is 2. The maximum absolute atomic E-state index is 12.1. The van der Waals surface area contributed by atoms with Crippen molar-refractivity contribution in [2.24, 2.45) is 0 Å². The standard InChI is InChI=1S/C37H72O5/c1-3-5-7-9-11-13-15-17-19-21-23-25-27-29-31-36(39)41-34-35(33-38)42-37(40)32-30-28-26-24-22-20-18-16-14-12-10-8-6-4-2/h35,38H,3-34H2,1-2H3. The molecule has 1 unspecified atom stereocenters. The molecule has 5 heteroatoms. The second-order valence-corrected chi connectivity index (χ2v) is 12.7. The van der Waals surface area contributed by atoms with Crippen LogP contribution in [0.5, 0.6) is 0 Å². The molecule has 0 aliphatic heterocycles. The number of esters is 2. The smallest absolute Gasteiger partial charge is 0.306 e. The molecule has 0 spiro atoms. The number of hydrogen-bond acceptors (Lipinski definition) is 5. The second kappa shape index (κ2) is 34.4. The molecule has 0 bridgehead atoms. The first-order valence-corrected chi connectivity index (χ1v) is 18.6. The third kappa shape index (κ3) is 31.8. The van der Waals surface area contributed by atoms with E-state index >= 15 is 0 Å². The summed E-state index contributed by atoms with van der Waals surface area (Å²) in [6, 6.07) is 0. The molecule has 1 N–H and O–H groups in total. The summed E-state index contributed by atoms with van der Waals surface area (Å²) in [5, 5.41) is 9.52. The number of ether oxygens (including phenoxy) is 2. The molecule has 0 rings (SSSR count). The van der Waals surface area contributed by atoms with Gasteiger partial charge < -0.3 is 14.6 Å². The summed E-state index contributed by atoms with van der Waals surface area (Å²) in [6.07, 6.45) is 35.8. The predicted molar refractivity (Wildman–Crippen MR) is 178 cm³/mol. The van der Waals surface area contributed by atoms with Crippen molar-refractivity contribution in [2.75, 3.05) is 13.2 Å². The lowest BCUT2D eigenvalue weighted by atomic mass is 10.0. The van der Waals surface area contributed by atoms with E-state index in [1.54, 1.807) is 0 Å². The molecule has 0 fully saturated rings. The number of carbonyl (C=O) groups excluding carboxylic acids is 2. The highest BCUT2D eigenvalue weighted by Crippen LogP contribution is 2.15. The lowest BCUT2D eigenvalue weighted by molar-refractivity contribution is -0.161. The minimum Gasteiger partial charge on any atom is -0.462 e. The van der Waals surface area contributed by atoms with Crippen LogP contribution in [0, 0.1) is 0 Å². The van der Waals surface area contributed by atoms with Gasteiger partial charge in [0.05, 0.1) is 6.61 Å². The minimum atomic E-state index is -0.760. The lowest BCUT2D eigenvalue weighted by Gasteiger charge is -2.15. The van der Waals surface area contributed by atoms with E-state index in [9.17, 15) is 14.7 Å². The number of unbranched alkanes of at least 4 members (excludes halogenated alkanes) is 26. The molecule has 0 aromatic rings. The fraction of sp³-hybridized carbons (Fsp3) is 0.946. The molecule has 0 aliphatic carbocycles. The second-order valence-electron chi connectivity index (χ2n) is 12.7. The van der Waals surface area contributed by atoms with Crippen LogP contribution in [-0.4, -0.2) is 36.4 Å². The highest BCUT2D eigenvalue weighted by Gasteiger charge is 2.16. The van der Waals surface area contributed by atoms with Crippen molar-refractivity contribution in [3.63, 3.8) is 0 Å². The zero-order valence-electron chi connectivity index (χ0n) is 28.3. The average Bonchev–Trinajstić information content (AvgIpc) is 2.99. The first kappa shape index (κ1) is 40.9. The van der Waals surface area contributed by atoms with Gasteiger partial charge in [-0.25, -0.2) is 0 Å². The maximum atomic E-state index is 12.1. The summed E-state index contributed by atoms with van der Waals surface area (Å²) in [5.74, 6) is -0.577. The number of aliphatic hydroxyl groups is 1. The third-order valence-electron chi connectivity index (χ3n) is 8.40. The van der Waals surface area contributed by atoms with Gasteiger partial charge in [-0.2, -0.15) is 0 Å². The molecule has 0 aliphatic rings. The third-order valence-corrected chi connectivity index (χ3v) is 8.40. The van der Waals surface area contributed by atoms with Gasteiger partial charge in [0.25, 0.3) is 0 Å². The first-order chi connectivity index (χ1) is 20.6. The van der Waals surface area contributed by atoms with Gasteiger partial charge in [-0.15, -0.1) is 0 Å². The van der Waals surface area contributed by atoms with Gasteiger partial charge in [-0.1, -0.05) is 181 Å².